The predicted molar refractivity (Wildman–Crippen MR) is 118 cm³/mol. The van der Waals surface area contributed by atoms with Gasteiger partial charge in [-0.1, -0.05) is 31.0 Å². The van der Waals surface area contributed by atoms with Gasteiger partial charge in [-0.05, 0) is 62.1 Å². The molecule has 166 valence electrons. The molecule has 3 rings (SSSR count). The number of hydrogen-bond donors (Lipinski definition) is 1. The van der Waals surface area contributed by atoms with Crippen LogP contribution in [0.15, 0.2) is 47.4 Å². The van der Waals surface area contributed by atoms with Crippen molar-refractivity contribution >= 4 is 27.6 Å². The first-order chi connectivity index (χ1) is 14.8. The van der Waals surface area contributed by atoms with E-state index in [1.807, 2.05) is 26.0 Å². The minimum atomic E-state index is -3.68. The van der Waals surface area contributed by atoms with Crippen molar-refractivity contribution in [3.63, 3.8) is 0 Å². The molecule has 1 aliphatic rings. The van der Waals surface area contributed by atoms with E-state index in [-0.39, 0.29) is 10.5 Å². The Kier molecular flexibility index (Phi) is 7.46. The number of sulfonamides is 1. The molecule has 0 aliphatic carbocycles. The SMILES string of the molecule is Cc1cccc(NC(=O)COC(=O)c2cccc(S(=O)(=O)N3CCCCCC3)c2)c1C. The number of rotatable bonds is 6. The molecule has 0 radical (unpaired) electrons. The molecular formula is C23H28N2O5S. The number of ether oxygens (including phenoxy) is 1. The highest BCUT2D eigenvalue weighted by molar-refractivity contribution is 7.89. The third kappa shape index (κ3) is 5.71. The molecule has 31 heavy (non-hydrogen) atoms. The van der Waals surface area contributed by atoms with Crippen molar-refractivity contribution in [2.24, 2.45) is 0 Å². The van der Waals surface area contributed by atoms with Crippen LogP contribution in [0.3, 0.4) is 0 Å². The van der Waals surface area contributed by atoms with Crippen molar-refractivity contribution in [3.8, 4) is 0 Å². The van der Waals surface area contributed by atoms with Gasteiger partial charge in [0, 0.05) is 18.8 Å². The zero-order valence-corrected chi connectivity index (χ0v) is 18.7. The third-order valence-corrected chi connectivity index (χ3v) is 7.38. The minimum Gasteiger partial charge on any atom is -0.452 e. The fraction of sp³-hybridized carbons (Fsp3) is 0.391. The van der Waals surface area contributed by atoms with Crippen LogP contribution in [0.25, 0.3) is 0 Å². The lowest BCUT2D eigenvalue weighted by atomic mass is 10.1. The Morgan fingerprint density at radius 2 is 1.68 bits per heavy atom. The Labute approximate surface area is 183 Å². The lowest BCUT2D eigenvalue weighted by Gasteiger charge is -2.20. The van der Waals surface area contributed by atoms with Gasteiger partial charge in [0.15, 0.2) is 6.61 Å². The van der Waals surface area contributed by atoms with Gasteiger partial charge in [-0.3, -0.25) is 4.79 Å². The number of amides is 1. The van der Waals surface area contributed by atoms with E-state index in [4.69, 9.17) is 4.74 Å². The normalized spacial score (nSPS) is 15.2. The Morgan fingerprint density at radius 3 is 2.39 bits per heavy atom. The molecule has 8 heteroatoms. The van der Waals surface area contributed by atoms with Gasteiger partial charge in [-0.15, -0.1) is 0 Å². The average Bonchev–Trinajstić information content (AvgIpc) is 3.05. The Balaban J connectivity index is 1.64. The van der Waals surface area contributed by atoms with Crippen LogP contribution in [-0.4, -0.2) is 44.3 Å². The van der Waals surface area contributed by atoms with Crippen molar-refractivity contribution in [2.45, 2.75) is 44.4 Å². The van der Waals surface area contributed by atoms with Gasteiger partial charge < -0.3 is 10.1 Å². The summed E-state index contributed by atoms with van der Waals surface area (Å²) in [5, 5.41) is 2.72. The van der Waals surface area contributed by atoms with Crippen LogP contribution in [0, 0.1) is 13.8 Å². The zero-order valence-electron chi connectivity index (χ0n) is 17.9. The molecule has 1 saturated heterocycles. The summed E-state index contributed by atoms with van der Waals surface area (Å²) in [6, 6.07) is 11.3. The molecule has 2 aromatic rings. The van der Waals surface area contributed by atoms with E-state index in [0.29, 0.717) is 18.8 Å². The van der Waals surface area contributed by atoms with Crippen LogP contribution in [0.1, 0.15) is 47.2 Å². The molecule has 0 bridgehead atoms. The molecule has 1 heterocycles. The van der Waals surface area contributed by atoms with Gasteiger partial charge in [0.05, 0.1) is 10.5 Å². The average molecular weight is 445 g/mol. The van der Waals surface area contributed by atoms with Gasteiger partial charge in [0.1, 0.15) is 0 Å². The number of carbonyl (C=O) groups excluding carboxylic acids is 2. The van der Waals surface area contributed by atoms with Crippen LogP contribution >= 0.6 is 0 Å². The number of nitrogens with one attached hydrogen (secondary N) is 1. The van der Waals surface area contributed by atoms with E-state index in [0.717, 1.165) is 36.8 Å². The van der Waals surface area contributed by atoms with Gasteiger partial charge >= 0.3 is 5.97 Å². The maximum atomic E-state index is 13.0. The summed E-state index contributed by atoms with van der Waals surface area (Å²) >= 11 is 0. The van der Waals surface area contributed by atoms with Crippen LogP contribution in [0.4, 0.5) is 5.69 Å². The highest BCUT2D eigenvalue weighted by Crippen LogP contribution is 2.22. The lowest BCUT2D eigenvalue weighted by Crippen LogP contribution is -2.32. The summed E-state index contributed by atoms with van der Waals surface area (Å²) in [5.74, 6) is -1.21. The summed E-state index contributed by atoms with van der Waals surface area (Å²) in [7, 11) is -3.68. The standard InChI is InChI=1S/C23H28N2O5S/c1-17-9-7-12-21(18(17)2)24-22(26)16-30-23(27)19-10-8-11-20(15-19)31(28,29)25-13-5-3-4-6-14-25/h7-12,15H,3-6,13-14,16H2,1-2H3,(H,24,26). The van der Waals surface area contributed by atoms with Crippen molar-refractivity contribution in [3.05, 3.63) is 59.2 Å². The number of carbonyl (C=O) groups is 2. The van der Waals surface area contributed by atoms with Gasteiger partial charge in [0.25, 0.3) is 5.91 Å². The first-order valence-corrected chi connectivity index (χ1v) is 11.9. The Bertz CT molecular complexity index is 1060. The fourth-order valence-electron chi connectivity index (χ4n) is 3.50. The number of aryl methyl sites for hydroxylation is 1. The molecule has 0 atom stereocenters. The quantitative estimate of drug-likeness (QED) is 0.687. The van der Waals surface area contributed by atoms with Gasteiger partial charge in [-0.25, -0.2) is 13.2 Å². The number of nitrogens with zero attached hydrogens (tertiary/aromatic N) is 1. The van der Waals surface area contributed by atoms with Crippen LogP contribution in [-0.2, 0) is 19.6 Å². The van der Waals surface area contributed by atoms with Crippen molar-refractivity contribution in [1.29, 1.82) is 0 Å². The van der Waals surface area contributed by atoms with Crippen molar-refractivity contribution < 1.29 is 22.7 Å². The second kappa shape index (κ2) is 10.1. The number of benzene rings is 2. The number of anilines is 1. The molecular weight excluding hydrogens is 416 g/mol. The second-order valence-electron chi connectivity index (χ2n) is 7.72. The highest BCUT2D eigenvalue weighted by Gasteiger charge is 2.26. The number of hydrogen-bond acceptors (Lipinski definition) is 5. The van der Waals surface area contributed by atoms with Gasteiger partial charge in [-0.2, -0.15) is 4.31 Å². The first-order valence-electron chi connectivity index (χ1n) is 10.4. The van der Waals surface area contributed by atoms with E-state index >= 15 is 0 Å². The number of esters is 1. The van der Waals surface area contributed by atoms with Gasteiger partial charge in [0.2, 0.25) is 10.0 Å². The molecule has 2 aromatic carbocycles. The molecule has 7 nitrogen and oxygen atoms in total. The summed E-state index contributed by atoms with van der Waals surface area (Å²) in [6.45, 7) is 4.34. The van der Waals surface area contributed by atoms with Crippen LogP contribution in [0.5, 0.6) is 0 Å². The monoisotopic (exact) mass is 444 g/mol. The summed E-state index contributed by atoms with van der Waals surface area (Å²) in [5.41, 5.74) is 2.73. The zero-order chi connectivity index (χ0) is 22.4. The summed E-state index contributed by atoms with van der Waals surface area (Å²) in [4.78, 5) is 24.7. The molecule has 1 N–H and O–H groups in total. The molecule has 1 amide bonds. The smallest absolute Gasteiger partial charge is 0.338 e. The molecule has 0 unspecified atom stereocenters. The predicted octanol–water partition coefficient (Wildman–Crippen LogP) is 3.66. The second-order valence-corrected chi connectivity index (χ2v) is 9.66. The topological polar surface area (TPSA) is 92.8 Å². The highest BCUT2D eigenvalue weighted by atomic mass is 32.2. The van der Waals surface area contributed by atoms with E-state index in [9.17, 15) is 18.0 Å². The first kappa shape index (κ1) is 23.0. The fourth-order valence-corrected chi connectivity index (χ4v) is 5.07. The van der Waals surface area contributed by atoms with E-state index in [1.54, 1.807) is 6.07 Å². The summed E-state index contributed by atoms with van der Waals surface area (Å²) < 4.78 is 32.5. The molecule has 1 fully saturated rings. The molecule has 0 aromatic heterocycles. The maximum absolute atomic E-state index is 13.0. The minimum absolute atomic E-state index is 0.0590. The summed E-state index contributed by atoms with van der Waals surface area (Å²) in [6.07, 6.45) is 3.69. The third-order valence-electron chi connectivity index (χ3n) is 5.49. The largest absolute Gasteiger partial charge is 0.452 e. The Morgan fingerprint density at radius 1 is 1.00 bits per heavy atom. The van der Waals surface area contributed by atoms with E-state index in [2.05, 4.69) is 5.32 Å². The van der Waals surface area contributed by atoms with Crippen LogP contribution in [0.2, 0.25) is 0 Å². The Hall–Kier alpha value is -2.71. The maximum Gasteiger partial charge on any atom is 0.338 e. The van der Waals surface area contributed by atoms with E-state index < -0.39 is 28.5 Å². The molecule has 0 saturated carbocycles. The van der Waals surface area contributed by atoms with E-state index in [1.165, 1.54) is 28.6 Å². The molecule has 1 aliphatic heterocycles. The van der Waals surface area contributed by atoms with Crippen molar-refractivity contribution in [2.75, 3.05) is 25.0 Å². The van der Waals surface area contributed by atoms with Crippen molar-refractivity contribution in [1.82, 2.24) is 4.31 Å². The lowest BCUT2D eigenvalue weighted by molar-refractivity contribution is -0.119. The molecule has 0 spiro atoms. The van der Waals surface area contributed by atoms with Crippen LogP contribution < -0.4 is 5.32 Å².